The van der Waals surface area contributed by atoms with Crippen molar-refractivity contribution in [1.29, 1.82) is 0 Å². The van der Waals surface area contributed by atoms with Crippen LogP contribution in [-0.4, -0.2) is 16.2 Å². The molecule has 0 unspecified atom stereocenters. The molecule has 8 heteroatoms. The molecule has 2 aromatic rings. The van der Waals surface area contributed by atoms with Crippen molar-refractivity contribution in [3.63, 3.8) is 0 Å². The van der Waals surface area contributed by atoms with Gasteiger partial charge in [-0.15, -0.1) is 0 Å². The Morgan fingerprint density at radius 2 is 2.16 bits per heavy atom. The molecule has 0 spiro atoms. The lowest BCUT2D eigenvalue weighted by molar-refractivity contribution is -0.115. The van der Waals surface area contributed by atoms with Crippen LogP contribution in [0.2, 0.25) is 5.02 Å². The summed E-state index contributed by atoms with van der Waals surface area (Å²) in [6.45, 7) is 5.99. The van der Waals surface area contributed by atoms with Crippen LogP contribution >= 0.6 is 23.4 Å². The van der Waals surface area contributed by atoms with Gasteiger partial charge in [0.2, 0.25) is 0 Å². The van der Waals surface area contributed by atoms with Gasteiger partial charge in [-0.05, 0) is 30.0 Å². The molecular formula is C17H15ClFN3O2S. The molecule has 0 bridgehead atoms. The van der Waals surface area contributed by atoms with Gasteiger partial charge in [0.15, 0.2) is 11.0 Å². The van der Waals surface area contributed by atoms with Crippen molar-refractivity contribution in [2.24, 2.45) is 4.99 Å². The fourth-order valence-corrected chi connectivity index (χ4v) is 3.07. The Hall–Kier alpha value is -2.12. The van der Waals surface area contributed by atoms with Crippen LogP contribution in [0.4, 0.5) is 10.2 Å². The lowest BCUT2D eigenvalue weighted by atomic mass is 9.93. The van der Waals surface area contributed by atoms with Gasteiger partial charge in [0.05, 0.1) is 9.93 Å². The van der Waals surface area contributed by atoms with Gasteiger partial charge >= 0.3 is 0 Å². The highest BCUT2D eigenvalue weighted by molar-refractivity contribution is 8.18. The van der Waals surface area contributed by atoms with Crippen LogP contribution in [-0.2, 0) is 10.2 Å². The minimum absolute atomic E-state index is 0.166. The van der Waals surface area contributed by atoms with E-state index in [9.17, 15) is 9.18 Å². The predicted molar refractivity (Wildman–Crippen MR) is 97.4 cm³/mol. The van der Waals surface area contributed by atoms with Crippen LogP contribution in [0.15, 0.2) is 38.7 Å². The molecule has 1 aromatic carbocycles. The smallest absolute Gasteiger partial charge is 0.264 e. The third kappa shape index (κ3) is 3.93. The molecule has 0 atom stereocenters. The van der Waals surface area contributed by atoms with Gasteiger partial charge in [-0.25, -0.2) is 9.38 Å². The van der Waals surface area contributed by atoms with Crippen molar-refractivity contribution in [3.05, 3.63) is 51.3 Å². The average molecular weight is 380 g/mol. The zero-order valence-corrected chi connectivity index (χ0v) is 15.3. The van der Waals surface area contributed by atoms with Gasteiger partial charge in [0.25, 0.3) is 5.91 Å². The van der Waals surface area contributed by atoms with Gasteiger partial charge < -0.3 is 9.84 Å². The summed E-state index contributed by atoms with van der Waals surface area (Å²) >= 11 is 7.08. The quantitative estimate of drug-likeness (QED) is 0.771. The molecule has 1 aromatic heterocycles. The molecule has 130 valence electrons. The molecule has 25 heavy (non-hydrogen) atoms. The molecule has 1 amide bonds. The molecule has 2 heterocycles. The monoisotopic (exact) mass is 379 g/mol. The maximum Gasteiger partial charge on any atom is 0.264 e. The number of benzene rings is 1. The molecular weight excluding hydrogens is 365 g/mol. The Kier molecular flexibility index (Phi) is 4.71. The summed E-state index contributed by atoms with van der Waals surface area (Å²) in [6.07, 6.45) is 1.41. The van der Waals surface area contributed by atoms with Crippen molar-refractivity contribution in [3.8, 4) is 0 Å². The summed E-state index contributed by atoms with van der Waals surface area (Å²) in [7, 11) is 0. The van der Waals surface area contributed by atoms with E-state index in [1.54, 1.807) is 12.1 Å². The number of nitrogens with one attached hydrogen (secondary N) is 1. The zero-order valence-electron chi connectivity index (χ0n) is 13.8. The van der Waals surface area contributed by atoms with E-state index in [-0.39, 0.29) is 21.9 Å². The van der Waals surface area contributed by atoms with E-state index in [1.165, 1.54) is 18.2 Å². The van der Waals surface area contributed by atoms with Crippen LogP contribution in [0.5, 0.6) is 0 Å². The van der Waals surface area contributed by atoms with Gasteiger partial charge in [0.1, 0.15) is 11.6 Å². The molecule has 1 N–H and O–H groups in total. The molecule has 0 aliphatic carbocycles. The predicted octanol–water partition coefficient (Wildman–Crippen LogP) is 4.66. The number of halogens is 2. The highest BCUT2D eigenvalue weighted by atomic mass is 35.5. The van der Waals surface area contributed by atoms with Gasteiger partial charge in [0, 0.05) is 17.0 Å². The van der Waals surface area contributed by atoms with E-state index in [1.807, 2.05) is 20.8 Å². The molecule has 1 aliphatic heterocycles. The van der Waals surface area contributed by atoms with Crippen LogP contribution in [0.25, 0.3) is 6.08 Å². The van der Waals surface area contributed by atoms with Crippen molar-refractivity contribution in [2.75, 3.05) is 0 Å². The Labute approximate surface area is 153 Å². The summed E-state index contributed by atoms with van der Waals surface area (Å²) in [5.74, 6) is 0.181. The molecule has 5 nitrogen and oxygen atoms in total. The SMILES string of the molecule is CC(C)(C)c1cc(N=C2NC(=O)/C(=C\c3c(F)cccc3Cl)S2)no1. The number of thioether (sulfide) groups is 1. The van der Waals surface area contributed by atoms with E-state index in [4.69, 9.17) is 16.1 Å². The summed E-state index contributed by atoms with van der Waals surface area (Å²) in [5, 5.41) is 7.08. The highest BCUT2D eigenvalue weighted by Gasteiger charge is 2.26. The van der Waals surface area contributed by atoms with E-state index < -0.39 is 5.82 Å². The van der Waals surface area contributed by atoms with Crippen molar-refractivity contribution in [2.45, 2.75) is 26.2 Å². The Morgan fingerprint density at radius 1 is 1.40 bits per heavy atom. The fraction of sp³-hybridized carbons (Fsp3) is 0.235. The third-order valence-corrected chi connectivity index (χ3v) is 4.62. The lowest BCUT2D eigenvalue weighted by Crippen LogP contribution is -2.19. The van der Waals surface area contributed by atoms with Crippen molar-refractivity contribution < 1.29 is 13.7 Å². The van der Waals surface area contributed by atoms with E-state index in [0.717, 1.165) is 11.8 Å². The molecule has 0 saturated carbocycles. The molecule has 1 fully saturated rings. The molecule has 3 rings (SSSR count). The number of hydrogen-bond acceptors (Lipinski definition) is 5. The van der Waals surface area contributed by atoms with E-state index in [0.29, 0.717) is 21.7 Å². The molecule has 1 saturated heterocycles. The van der Waals surface area contributed by atoms with Crippen LogP contribution in [0.1, 0.15) is 32.1 Å². The Bertz CT molecular complexity index is 879. The van der Waals surface area contributed by atoms with Crippen LogP contribution in [0.3, 0.4) is 0 Å². The Balaban J connectivity index is 1.85. The van der Waals surface area contributed by atoms with Crippen LogP contribution < -0.4 is 5.32 Å². The number of rotatable bonds is 2. The summed E-state index contributed by atoms with van der Waals surface area (Å²) in [6, 6.07) is 6.07. The molecule has 0 radical (unpaired) electrons. The number of carbonyl (C=O) groups is 1. The summed E-state index contributed by atoms with van der Waals surface area (Å²) in [5.41, 5.74) is -0.0241. The van der Waals surface area contributed by atoms with Crippen molar-refractivity contribution >= 4 is 46.3 Å². The van der Waals surface area contributed by atoms with E-state index >= 15 is 0 Å². The fourth-order valence-electron chi connectivity index (χ4n) is 2.04. The normalized spacial score (nSPS) is 18.2. The minimum Gasteiger partial charge on any atom is -0.359 e. The van der Waals surface area contributed by atoms with Crippen molar-refractivity contribution in [1.82, 2.24) is 10.5 Å². The first-order chi connectivity index (χ1) is 11.7. The number of nitrogens with zero attached hydrogens (tertiary/aromatic N) is 2. The number of aromatic nitrogens is 1. The second-order valence-electron chi connectivity index (χ2n) is 6.42. The topological polar surface area (TPSA) is 67.5 Å². The largest absolute Gasteiger partial charge is 0.359 e. The lowest BCUT2D eigenvalue weighted by Gasteiger charge is -2.11. The number of aliphatic imine (C=N–C) groups is 1. The summed E-state index contributed by atoms with van der Waals surface area (Å²) in [4.78, 5) is 16.6. The maximum absolute atomic E-state index is 13.9. The zero-order chi connectivity index (χ0) is 18.2. The average Bonchev–Trinajstić information content (AvgIpc) is 3.10. The summed E-state index contributed by atoms with van der Waals surface area (Å²) < 4.78 is 19.1. The minimum atomic E-state index is -0.495. The van der Waals surface area contributed by atoms with Gasteiger partial charge in [-0.3, -0.25) is 4.79 Å². The van der Waals surface area contributed by atoms with Crippen LogP contribution in [0, 0.1) is 5.82 Å². The first-order valence-electron chi connectivity index (χ1n) is 7.45. The third-order valence-electron chi connectivity index (χ3n) is 3.38. The first kappa shape index (κ1) is 17.7. The van der Waals surface area contributed by atoms with Gasteiger partial charge in [-0.1, -0.05) is 43.6 Å². The maximum atomic E-state index is 13.9. The second-order valence-corrected chi connectivity index (χ2v) is 7.85. The highest BCUT2D eigenvalue weighted by Crippen LogP contribution is 2.31. The molecule has 1 aliphatic rings. The van der Waals surface area contributed by atoms with Gasteiger partial charge in [-0.2, -0.15) is 0 Å². The number of hydrogen-bond donors (Lipinski definition) is 1. The number of carbonyl (C=O) groups excluding carboxylic acids is 1. The second kappa shape index (κ2) is 6.65. The standard InChI is InChI=1S/C17H15ClFN3O2S/c1-17(2,3)13-8-14(22-24-13)20-16-21-15(23)12(25-16)7-9-10(18)5-4-6-11(9)19/h4-8H,1-3H3,(H,20,21,22,23)/b12-7+. The Morgan fingerprint density at radius 3 is 2.80 bits per heavy atom. The first-order valence-corrected chi connectivity index (χ1v) is 8.64. The number of amidine groups is 1. The number of amides is 1. The van der Waals surface area contributed by atoms with E-state index in [2.05, 4.69) is 15.5 Å².